The highest BCUT2D eigenvalue weighted by atomic mass is 35.5. The van der Waals surface area contributed by atoms with Crippen LogP contribution in [-0.2, 0) is 0 Å². The predicted octanol–water partition coefficient (Wildman–Crippen LogP) is 23.1. The van der Waals surface area contributed by atoms with Crippen LogP contribution in [0.25, 0.3) is 44.5 Å². The molecular formula is C48H18Cl14N4O8S2. The first-order valence-electron chi connectivity index (χ1n) is 20.2. The summed E-state index contributed by atoms with van der Waals surface area (Å²) < 4.78 is 0. The Bertz CT molecular complexity index is 3540. The maximum atomic E-state index is 11.2. The van der Waals surface area contributed by atoms with Crippen LogP contribution in [0.5, 0.6) is 0 Å². The smallest absolute Gasteiger partial charge is 0.258 e. The number of nitro benzene ring substituents is 4. The molecule has 28 heteroatoms. The normalized spacial score (nSPS) is 11.0. The second-order valence-electron chi connectivity index (χ2n) is 15.1. The van der Waals surface area contributed by atoms with E-state index in [0.717, 1.165) is 11.8 Å². The average molecular weight is 1340 g/mol. The molecule has 0 saturated carbocycles. The molecule has 388 valence electrons. The minimum atomic E-state index is -0.582. The number of halogens is 14. The molecule has 0 aliphatic heterocycles. The summed E-state index contributed by atoms with van der Waals surface area (Å²) in [6.07, 6.45) is 0. The van der Waals surface area contributed by atoms with Crippen LogP contribution in [0.15, 0.2) is 129 Å². The molecule has 8 aromatic carbocycles. The van der Waals surface area contributed by atoms with E-state index in [2.05, 4.69) is 0 Å². The number of non-ortho nitro benzene ring substituents is 4. The summed E-state index contributed by atoms with van der Waals surface area (Å²) in [4.78, 5) is 44.1. The van der Waals surface area contributed by atoms with Gasteiger partial charge in [0.2, 0.25) is 0 Å². The molecule has 0 aromatic heterocycles. The van der Waals surface area contributed by atoms with Crippen LogP contribution in [0, 0.1) is 40.5 Å². The quantitative estimate of drug-likeness (QED) is 0.0846. The standard InChI is InChI=1S/C24H8Cl8N2O4S.C24H10Cl6N2O4S/c25-13-5-9(33(35)36)1-3-11(13)19-15(27)7-17(29)23(21(19)31)39-24-18(30)8-16(28)20(22(24)32)12-4-2-10(34(37)38)6-14(12)26;25-15-5-7-19(21(23(15)29)13-3-1-11(31(33)34)9-17(13)27)37-20-8-6-16(26)24(30)22(20)14-4-2-12(32(35)36)10-18(14)28/h1-8H;1-10H. The Labute approximate surface area is 507 Å². The molecule has 0 bridgehead atoms. The first kappa shape index (κ1) is 59.8. The highest BCUT2D eigenvalue weighted by molar-refractivity contribution is 8.00. The Morgan fingerprint density at radius 1 is 0.276 bits per heavy atom. The summed E-state index contributed by atoms with van der Waals surface area (Å²) in [5.74, 6) is 0. The van der Waals surface area contributed by atoms with E-state index in [1.54, 1.807) is 24.3 Å². The molecule has 0 amide bonds. The zero-order chi connectivity index (χ0) is 55.8. The minimum Gasteiger partial charge on any atom is -0.258 e. The van der Waals surface area contributed by atoms with Gasteiger partial charge in [0.15, 0.2) is 0 Å². The molecule has 8 rings (SSSR count). The van der Waals surface area contributed by atoms with Crippen LogP contribution in [-0.4, -0.2) is 19.7 Å². The molecule has 76 heavy (non-hydrogen) atoms. The molecule has 0 heterocycles. The summed E-state index contributed by atoms with van der Waals surface area (Å²) >= 11 is 93.0. The van der Waals surface area contributed by atoms with Gasteiger partial charge in [-0.1, -0.05) is 186 Å². The molecule has 0 N–H and O–H groups in total. The molecule has 0 radical (unpaired) electrons. The third-order valence-electron chi connectivity index (χ3n) is 10.5. The summed E-state index contributed by atoms with van der Waals surface area (Å²) in [5.41, 5.74) is 2.21. The van der Waals surface area contributed by atoms with Crippen molar-refractivity contribution in [3.8, 4) is 44.5 Å². The van der Waals surface area contributed by atoms with E-state index in [0.29, 0.717) is 53.0 Å². The zero-order valence-corrected chi connectivity index (χ0v) is 48.8. The van der Waals surface area contributed by atoms with Crippen molar-refractivity contribution in [2.24, 2.45) is 0 Å². The minimum absolute atomic E-state index is 0.0453. The predicted molar refractivity (Wildman–Crippen MR) is 313 cm³/mol. The van der Waals surface area contributed by atoms with Gasteiger partial charge in [-0.15, -0.1) is 0 Å². The van der Waals surface area contributed by atoms with E-state index in [-0.39, 0.29) is 104 Å². The monoisotopic (exact) mass is 1330 g/mol. The van der Waals surface area contributed by atoms with Crippen molar-refractivity contribution in [2.45, 2.75) is 19.6 Å². The van der Waals surface area contributed by atoms with Crippen LogP contribution in [0.3, 0.4) is 0 Å². The Balaban J connectivity index is 0.000000221. The van der Waals surface area contributed by atoms with Gasteiger partial charge in [-0.3, -0.25) is 40.5 Å². The number of hydrogen-bond acceptors (Lipinski definition) is 10. The largest absolute Gasteiger partial charge is 0.270 e. The van der Waals surface area contributed by atoms with E-state index in [1.165, 1.54) is 96.7 Å². The second-order valence-corrected chi connectivity index (χ2v) is 22.8. The second kappa shape index (κ2) is 25.1. The molecule has 0 spiro atoms. The van der Waals surface area contributed by atoms with Gasteiger partial charge in [0.1, 0.15) is 0 Å². The van der Waals surface area contributed by atoms with Crippen molar-refractivity contribution in [3.05, 3.63) is 220 Å². The van der Waals surface area contributed by atoms with E-state index >= 15 is 0 Å². The Morgan fingerprint density at radius 3 is 0.816 bits per heavy atom. The lowest BCUT2D eigenvalue weighted by Crippen LogP contribution is -1.93. The maximum Gasteiger partial charge on any atom is 0.270 e. The van der Waals surface area contributed by atoms with E-state index < -0.39 is 19.7 Å². The molecule has 0 aliphatic rings. The topological polar surface area (TPSA) is 173 Å². The van der Waals surface area contributed by atoms with Gasteiger partial charge in [-0.25, -0.2) is 0 Å². The van der Waals surface area contributed by atoms with Crippen LogP contribution in [0.4, 0.5) is 22.7 Å². The molecule has 0 saturated heterocycles. The Hall–Kier alpha value is -3.88. The van der Waals surface area contributed by atoms with Crippen molar-refractivity contribution in [2.75, 3.05) is 0 Å². The first-order valence-corrected chi connectivity index (χ1v) is 27.2. The van der Waals surface area contributed by atoms with E-state index in [9.17, 15) is 40.5 Å². The Kier molecular flexibility index (Phi) is 19.7. The molecular weight excluding hydrogens is 1320 g/mol. The van der Waals surface area contributed by atoms with Crippen molar-refractivity contribution in [1.82, 2.24) is 0 Å². The van der Waals surface area contributed by atoms with Gasteiger partial charge < -0.3 is 0 Å². The summed E-state index contributed by atoms with van der Waals surface area (Å²) in [6.45, 7) is 0. The van der Waals surface area contributed by atoms with Gasteiger partial charge in [-0.2, -0.15) is 0 Å². The molecule has 0 fully saturated rings. The van der Waals surface area contributed by atoms with E-state index in [4.69, 9.17) is 162 Å². The van der Waals surface area contributed by atoms with Crippen molar-refractivity contribution >= 4 is 209 Å². The zero-order valence-electron chi connectivity index (χ0n) is 36.6. The summed E-state index contributed by atoms with van der Waals surface area (Å²) in [6, 6.07) is 25.3. The van der Waals surface area contributed by atoms with Crippen molar-refractivity contribution in [1.29, 1.82) is 0 Å². The number of hydrogen-bond donors (Lipinski definition) is 0. The molecule has 0 atom stereocenters. The van der Waals surface area contributed by atoms with Gasteiger partial charge in [-0.05, 0) is 60.7 Å². The van der Waals surface area contributed by atoms with Gasteiger partial charge >= 0.3 is 0 Å². The fraction of sp³-hybridized carbons (Fsp3) is 0. The lowest BCUT2D eigenvalue weighted by Gasteiger charge is -2.18. The lowest BCUT2D eigenvalue weighted by atomic mass is 10.0. The SMILES string of the molecule is O=[N+]([O-])c1ccc(-c2c(Cl)cc(Cl)c(Sc3c(Cl)cc(Cl)c(-c4ccc([N+](=O)[O-])cc4Cl)c3Cl)c2Cl)c(Cl)c1.O=[N+]([O-])c1ccc(-c2c(Sc3ccc(Cl)c(Cl)c3-c3ccc([N+](=O)[O-])cc3Cl)ccc(Cl)c2Cl)c(Cl)c1. The van der Waals surface area contributed by atoms with Crippen LogP contribution < -0.4 is 0 Å². The highest BCUT2D eigenvalue weighted by Crippen LogP contribution is 2.55. The van der Waals surface area contributed by atoms with Gasteiger partial charge in [0.25, 0.3) is 22.7 Å². The van der Waals surface area contributed by atoms with E-state index in [1.807, 2.05) is 0 Å². The number of nitrogens with zero attached hydrogens (tertiary/aromatic N) is 4. The van der Waals surface area contributed by atoms with Crippen LogP contribution in [0.2, 0.25) is 70.3 Å². The maximum absolute atomic E-state index is 11.2. The van der Waals surface area contributed by atoms with Gasteiger partial charge in [0.05, 0.1) is 99.8 Å². The number of benzene rings is 8. The number of nitro groups is 4. The first-order chi connectivity index (χ1) is 35.8. The fourth-order valence-electron chi connectivity index (χ4n) is 7.06. The van der Waals surface area contributed by atoms with Gasteiger partial charge in [0, 0.05) is 103 Å². The van der Waals surface area contributed by atoms with Crippen molar-refractivity contribution in [3.63, 3.8) is 0 Å². The molecule has 8 aromatic rings. The Morgan fingerprint density at radius 2 is 0.553 bits per heavy atom. The molecule has 0 unspecified atom stereocenters. The average Bonchev–Trinajstić information content (AvgIpc) is 3.35. The third kappa shape index (κ3) is 12.7. The van der Waals surface area contributed by atoms with Crippen LogP contribution >= 0.6 is 186 Å². The summed E-state index contributed by atoms with van der Waals surface area (Å²) in [7, 11) is 0. The molecule has 12 nitrogen and oxygen atoms in total. The molecule has 0 aliphatic carbocycles. The third-order valence-corrected chi connectivity index (χ3v) is 18.2. The summed E-state index contributed by atoms with van der Waals surface area (Å²) in [5, 5.41) is 46.6. The van der Waals surface area contributed by atoms with Crippen LogP contribution in [0.1, 0.15) is 0 Å². The van der Waals surface area contributed by atoms with Crippen molar-refractivity contribution < 1.29 is 19.7 Å². The lowest BCUT2D eigenvalue weighted by molar-refractivity contribution is -0.385. The number of rotatable bonds is 12. The highest BCUT2D eigenvalue weighted by Gasteiger charge is 2.27. The fourth-order valence-corrected chi connectivity index (χ4v) is 13.5.